The van der Waals surface area contributed by atoms with Gasteiger partial charge < -0.3 is 39.9 Å². The highest BCUT2D eigenvalue weighted by molar-refractivity contribution is 5.89. The van der Waals surface area contributed by atoms with Crippen molar-refractivity contribution in [1.29, 1.82) is 0 Å². The number of H-pyrrole nitrogens is 2. The maximum Gasteiger partial charge on any atom is 0.407 e. The van der Waals surface area contributed by atoms with Gasteiger partial charge in [-0.1, -0.05) is 39.8 Å². The van der Waals surface area contributed by atoms with Crippen LogP contribution in [0.25, 0.3) is 44.7 Å². The molecule has 304 valence electrons. The van der Waals surface area contributed by atoms with E-state index in [0.717, 1.165) is 70.4 Å². The summed E-state index contributed by atoms with van der Waals surface area (Å²) in [7, 11) is 2.57. The van der Waals surface area contributed by atoms with Gasteiger partial charge in [0.25, 0.3) is 0 Å². The number of hydrogen-bond acceptors (Lipinski definition) is 10. The molecule has 2 fully saturated rings. The van der Waals surface area contributed by atoms with Gasteiger partial charge in [0, 0.05) is 42.0 Å². The fourth-order valence-electron chi connectivity index (χ4n) is 7.85. The molecule has 0 radical (unpaired) electrons. The average molecular weight is 791 g/mol. The van der Waals surface area contributed by atoms with Gasteiger partial charge in [0.1, 0.15) is 23.7 Å². The van der Waals surface area contributed by atoms with Crippen molar-refractivity contribution in [1.82, 2.24) is 50.3 Å². The number of carbonyl (C=O) groups excluding carboxylic acids is 4. The molecule has 1 aromatic carbocycles. The molecule has 6 heterocycles. The van der Waals surface area contributed by atoms with E-state index in [1.54, 1.807) is 28.4 Å². The van der Waals surface area contributed by atoms with Crippen LogP contribution in [-0.2, 0) is 19.1 Å². The minimum Gasteiger partial charge on any atom is -0.453 e. The van der Waals surface area contributed by atoms with Gasteiger partial charge in [-0.3, -0.25) is 19.6 Å². The molecular formula is C42H50N10O6. The number of carbonyl (C=O) groups is 4. The summed E-state index contributed by atoms with van der Waals surface area (Å²) in [6, 6.07) is 10.2. The van der Waals surface area contributed by atoms with Gasteiger partial charge in [-0.25, -0.2) is 19.6 Å². The molecule has 4 N–H and O–H groups in total. The zero-order valence-corrected chi connectivity index (χ0v) is 33.6. The van der Waals surface area contributed by atoms with Gasteiger partial charge in [0.2, 0.25) is 11.8 Å². The second kappa shape index (κ2) is 17.0. The molecule has 0 spiro atoms. The fraction of sp³-hybridized carbons (Fsp3) is 0.429. The standard InChI is InChI=1S/C42H50N10O6/c1-23(2)35(49-41(55)57-5)39(53)51-15-7-9-33(51)37-45-21-31(47-37)26-12-11-25-18-30(44-20-28(25)17-26)29-14-13-27(19-43-29)32-22-46-38(48-32)34-10-8-16-52(34)40(54)36(24(3)4)50-42(56)58-6/h11-14,17-24,33-36H,7-10,15-16H2,1-6H3,(H,45,47)(H,46,48)(H,49,55)(H,50,56)/t33?,34-,35-,36-/m0/s1. The highest BCUT2D eigenvalue weighted by Crippen LogP contribution is 2.35. The van der Waals surface area contributed by atoms with Crippen molar-refractivity contribution in [2.45, 2.75) is 77.5 Å². The minimum absolute atomic E-state index is 0.115. The third-order valence-corrected chi connectivity index (χ3v) is 11.0. The van der Waals surface area contributed by atoms with Gasteiger partial charge in [-0.05, 0) is 67.2 Å². The van der Waals surface area contributed by atoms with Gasteiger partial charge in [0.05, 0.1) is 61.5 Å². The zero-order valence-electron chi connectivity index (χ0n) is 33.6. The van der Waals surface area contributed by atoms with Gasteiger partial charge in [0.15, 0.2) is 0 Å². The minimum atomic E-state index is -0.703. The molecule has 16 nitrogen and oxygen atoms in total. The Morgan fingerprint density at radius 3 is 1.66 bits per heavy atom. The van der Waals surface area contributed by atoms with Gasteiger partial charge in [-0.15, -0.1) is 0 Å². The summed E-state index contributed by atoms with van der Waals surface area (Å²) in [4.78, 5) is 80.3. The second-order valence-electron chi connectivity index (χ2n) is 15.5. The van der Waals surface area contributed by atoms with E-state index < -0.39 is 24.3 Å². The monoisotopic (exact) mass is 790 g/mol. The smallest absolute Gasteiger partial charge is 0.407 e. The molecule has 2 aliphatic rings. The third-order valence-electron chi connectivity index (χ3n) is 11.0. The maximum absolute atomic E-state index is 13.6. The van der Waals surface area contributed by atoms with Crippen molar-refractivity contribution in [3.8, 4) is 33.9 Å². The Bertz CT molecular complexity index is 2290. The van der Waals surface area contributed by atoms with Crippen LogP contribution in [0.2, 0.25) is 0 Å². The SMILES string of the molecule is COC(=O)N[C@H](C(=O)N1CCCC1c1ncc(-c2ccc3cc(-c4ccc(-c5cnc([C@@H]6CCCN6C(=O)[C@@H](NC(=O)OC)C(C)C)[nH]5)cn4)ncc3c2)[nH]1)C(C)C. The molecule has 4 amide bonds. The third kappa shape index (κ3) is 8.22. The molecular weight excluding hydrogens is 741 g/mol. The Labute approximate surface area is 336 Å². The Kier molecular flexibility index (Phi) is 11.7. The van der Waals surface area contributed by atoms with Crippen molar-refractivity contribution in [2.75, 3.05) is 27.3 Å². The number of nitrogens with zero attached hydrogens (tertiary/aromatic N) is 6. The van der Waals surface area contributed by atoms with Crippen molar-refractivity contribution < 1.29 is 28.7 Å². The number of pyridine rings is 2. The highest BCUT2D eigenvalue weighted by atomic mass is 16.5. The van der Waals surface area contributed by atoms with Crippen LogP contribution in [0.5, 0.6) is 0 Å². The number of rotatable bonds is 11. The van der Waals surface area contributed by atoms with E-state index in [9.17, 15) is 19.2 Å². The van der Waals surface area contributed by atoms with Crippen molar-refractivity contribution in [2.24, 2.45) is 11.8 Å². The molecule has 5 aromatic rings. The van der Waals surface area contributed by atoms with Crippen LogP contribution in [-0.4, -0.2) is 103 Å². The van der Waals surface area contributed by atoms with Crippen LogP contribution < -0.4 is 10.6 Å². The normalized spacial score (nSPS) is 17.8. The Morgan fingerprint density at radius 2 is 1.16 bits per heavy atom. The molecule has 2 aliphatic heterocycles. The number of hydrogen-bond donors (Lipinski definition) is 4. The number of methoxy groups -OCH3 is 2. The number of ether oxygens (including phenoxy) is 2. The first-order chi connectivity index (χ1) is 27.9. The second-order valence-corrected chi connectivity index (χ2v) is 15.5. The van der Waals surface area contributed by atoms with E-state index in [4.69, 9.17) is 19.4 Å². The topological polar surface area (TPSA) is 200 Å². The van der Waals surface area contributed by atoms with E-state index in [2.05, 4.69) is 36.6 Å². The summed E-state index contributed by atoms with van der Waals surface area (Å²) in [6.45, 7) is 8.73. The van der Waals surface area contributed by atoms with Crippen molar-refractivity contribution in [3.63, 3.8) is 0 Å². The predicted octanol–water partition coefficient (Wildman–Crippen LogP) is 6.17. The van der Waals surface area contributed by atoms with Crippen molar-refractivity contribution >= 4 is 34.8 Å². The summed E-state index contributed by atoms with van der Waals surface area (Å²) < 4.78 is 9.51. The lowest BCUT2D eigenvalue weighted by Gasteiger charge is -2.30. The number of nitrogens with one attached hydrogen (secondary N) is 4. The molecule has 4 aromatic heterocycles. The number of fused-ring (bicyclic) bond motifs is 1. The number of amides is 4. The van der Waals surface area contributed by atoms with Crippen LogP contribution >= 0.6 is 0 Å². The number of likely N-dealkylation sites (tertiary alicyclic amines) is 2. The lowest BCUT2D eigenvalue weighted by molar-refractivity contribution is -0.136. The van der Waals surface area contributed by atoms with E-state index >= 15 is 0 Å². The number of alkyl carbamates (subject to hydrolysis) is 2. The molecule has 0 bridgehead atoms. The number of aromatic nitrogens is 6. The first-order valence-corrected chi connectivity index (χ1v) is 19.7. The zero-order chi connectivity index (χ0) is 41.1. The molecule has 2 saturated heterocycles. The summed E-state index contributed by atoms with van der Waals surface area (Å²) in [6.07, 6.45) is 9.08. The molecule has 0 saturated carbocycles. The number of imidazole rings is 2. The van der Waals surface area contributed by atoms with Crippen molar-refractivity contribution in [3.05, 3.63) is 72.8 Å². The van der Waals surface area contributed by atoms with Crippen LogP contribution in [0.4, 0.5) is 9.59 Å². The number of benzene rings is 1. The summed E-state index contributed by atoms with van der Waals surface area (Å²) in [5.41, 5.74) is 4.84. The quantitative estimate of drug-likeness (QED) is 0.120. The summed E-state index contributed by atoms with van der Waals surface area (Å²) in [5.74, 6) is 0.852. The average Bonchev–Trinajstić information content (AvgIpc) is 4.07. The lowest BCUT2D eigenvalue weighted by atomic mass is 10.0. The summed E-state index contributed by atoms with van der Waals surface area (Å²) >= 11 is 0. The van der Waals surface area contributed by atoms with E-state index in [0.29, 0.717) is 24.7 Å². The lowest BCUT2D eigenvalue weighted by Crippen LogP contribution is -2.51. The maximum atomic E-state index is 13.6. The molecule has 58 heavy (non-hydrogen) atoms. The molecule has 0 aliphatic carbocycles. The van der Waals surface area contributed by atoms with E-state index in [1.165, 1.54) is 14.2 Å². The Hall–Kier alpha value is -6.32. The van der Waals surface area contributed by atoms with E-state index in [1.807, 2.05) is 64.2 Å². The van der Waals surface area contributed by atoms with Gasteiger partial charge in [-0.2, -0.15) is 0 Å². The predicted molar refractivity (Wildman–Crippen MR) is 216 cm³/mol. The largest absolute Gasteiger partial charge is 0.453 e. The summed E-state index contributed by atoms with van der Waals surface area (Å²) in [5, 5.41) is 7.33. The van der Waals surface area contributed by atoms with Gasteiger partial charge >= 0.3 is 12.2 Å². The van der Waals surface area contributed by atoms with Crippen LogP contribution in [0.15, 0.2) is 61.2 Å². The highest BCUT2D eigenvalue weighted by Gasteiger charge is 2.39. The molecule has 16 heteroatoms. The molecule has 1 unspecified atom stereocenters. The molecule has 4 atom stereocenters. The first-order valence-electron chi connectivity index (χ1n) is 19.7. The Balaban J connectivity index is 1.02. The fourth-order valence-corrected chi connectivity index (χ4v) is 7.85. The van der Waals surface area contributed by atoms with E-state index in [-0.39, 0.29) is 35.7 Å². The Morgan fingerprint density at radius 1 is 0.638 bits per heavy atom. The van der Waals surface area contributed by atoms with Crippen LogP contribution in [0.1, 0.15) is 77.1 Å². The van der Waals surface area contributed by atoms with Crippen LogP contribution in [0, 0.1) is 11.8 Å². The first kappa shape index (κ1) is 39.9. The number of aromatic amines is 2. The molecule has 7 rings (SSSR count). The van der Waals surface area contributed by atoms with Crippen LogP contribution in [0.3, 0.4) is 0 Å².